The third-order valence-electron chi connectivity index (χ3n) is 1.74. The van der Waals surface area contributed by atoms with Crippen LogP contribution in [0, 0.1) is 0 Å². The number of nitrogens with zero attached hydrogens (tertiary/aromatic N) is 3. The zero-order valence-electron chi connectivity index (χ0n) is 12.6. The highest BCUT2D eigenvalue weighted by Gasteiger charge is 2.20. The zero-order valence-corrected chi connectivity index (χ0v) is 12.2. The average Bonchev–Trinajstić information content (AvgIpc) is 2.54. The van der Waals surface area contributed by atoms with Gasteiger partial charge in [-0.2, -0.15) is 5.10 Å². The molecular weight excluding hydrogens is 286 g/mol. The van der Waals surface area contributed by atoms with Gasteiger partial charge in [-0.15, -0.1) is 0 Å². The van der Waals surface area contributed by atoms with E-state index in [0.29, 0.717) is 4.60 Å². The monoisotopic (exact) mass is 305 g/mol. The second kappa shape index (κ2) is 5.08. The van der Waals surface area contributed by atoms with Crippen molar-refractivity contribution in [2.75, 3.05) is 7.05 Å². The number of aromatic nitrogens is 2. The number of rotatable bonds is 2. The first-order chi connectivity index (χ1) is 8.45. The van der Waals surface area contributed by atoms with E-state index in [1.807, 2.05) is 0 Å². The Balaban J connectivity index is 3.00. The van der Waals surface area contributed by atoms with E-state index in [9.17, 15) is 4.79 Å². The normalized spacial score (nSPS) is 14.0. The van der Waals surface area contributed by atoms with E-state index < -0.39 is 18.2 Å². The Labute approximate surface area is 113 Å². The molecule has 1 aromatic rings. The fraction of sp³-hybridized carbons (Fsp3) is 0.636. The van der Waals surface area contributed by atoms with Crippen molar-refractivity contribution in [1.29, 1.82) is 0 Å². The van der Waals surface area contributed by atoms with Crippen molar-refractivity contribution in [3.8, 4) is 0 Å². The third kappa shape index (κ3) is 4.38. The molecule has 1 aromatic heterocycles. The Morgan fingerprint density at radius 2 is 2.29 bits per heavy atom. The van der Waals surface area contributed by atoms with Crippen LogP contribution in [0.2, 0.25) is 0 Å². The van der Waals surface area contributed by atoms with Crippen LogP contribution >= 0.6 is 15.9 Å². The van der Waals surface area contributed by atoms with Gasteiger partial charge >= 0.3 is 6.09 Å². The molecule has 0 saturated carbocycles. The van der Waals surface area contributed by atoms with Crippen LogP contribution < -0.4 is 0 Å². The van der Waals surface area contributed by atoms with Gasteiger partial charge in [0.05, 0.1) is 9.24 Å². The van der Waals surface area contributed by atoms with Crippen LogP contribution in [-0.4, -0.2) is 33.4 Å². The van der Waals surface area contributed by atoms with Gasteiger partial charge in [0.25, 0.3) is 0 Å². The number of aryl methyl sites for hydroxylation is 1. The van der Waals surface area contributed by atoms with E-state index in [4.69, 9.17) is 7.48 Å². The first-order valence-electron chi connectivity index (χ1n) is 6.11. The summed E-state index contributed by atoms with van der Waals surface area (Å²) in [5.41, 5.74) is -0.406. The largest absolute Gasteiger partial charge is 0.444 e. The molecule has 0 aliphatic rings. The Morgan fingerprint density at radius 1 is 1.71 bits per heavy atom. The zero-order chi connectivity index (χ0) is 15.0. The summed E-state index contributed by atoms with van der Waals surface area (Å²) in [5.74, 6) is 0. The molecule has 0 N–H and O–H groups in total. The quantitative estimate of drug-likeness (QED) is 0.843. The fourth-order valence-electron chi connectivity index (χ4n) is 1.09. The van der Waals surface area contributed by atoms with Crippen LogP contribution in [0.1, 0.15) is 29.1 Å². The molecule has 1 amide bonds. The fourth-order valence-corrected chi connectivity index (χ4v) is 1.53. The molecule has 0 bridgehead atoms. The Bertz CT molecular complexity index is 483. The number of carbonyl (C=O) groups excluding carboxylic acids is 1. The van der Waals surface area contributed by atoms with Crippen molar-refractivity contribution in [3.63, 3.8) is 0 Å². The van der Waals surface area contributed by atoms with E-state index in [1.165, 1.54) is 17.9 Å². The Morgan fingerprint density at radius 3 is 2.71 bits per heavy atom. The maximum atomic E-state index is 11.9. The third-order valence-corrected chi connectivity index (χ3v) is 2.32. The standard InChI is InChI=1S/C11H18BrN3O2/c1-11(2,3)17-10(16)14(4)6-8-7-15(5)13-9(8)12/h7H,6H2,1-5H3/i6D2. The molecule has 1 heterocycles. The van der Waals surface area contributed by atoms with Crippen LogP contribution in [0.3, 0.4) is 0 Å². The second-order valence-electron chi connectivity index (χ2n) is 4.66. The van der Waals surface area contributed by atoms with Crippen molar-refractivity contribution in [2.24, 2.45) is 7.05 Å². The van der Waals surface area contributed by atoms with Crippen LogP contribution in [0.5, 0.6) is 0 Å². The summed E-state index contributed by atoms with van der Waals surface area (Å²) in [7, 11) is 3.03. The minimum Gasteiger partial charge on any atom is -0.444 e. The summed E-state index contributed by atoms with van der Waals surface area (Å²) >= 11 is 3.18. The summed E-state index contributed by atoms with van der Waals surface area (Å²) in [6, 6.07) is 0. The van der Waals surface area contributed by atoms with Crippen molar-refractivity contribution < 1.29 is 12.3 Å². The van der Waals surface area contributed by atoms with Gasteiger partial charge in [0.1, 0.15) is 10.2 Å². The molecule has 6 heteroatoms. The molecule has 0 fully saturated rings. The minimum absolute atomic E-state index is 0.267. The molecule has 1 rings (SSSR count). The Kier molecular flexibility index (Phi) is 3.31. The molecule has 0 aliphatic carbocycles. The summed E-state index contributed by atoms with van der Waals surface area (Å²) < 4.78 is 23.1. The van der Waals surface area contributed by atoms with Crippen LogP contribution in [0.4, 0.5) is 4.79 Å². The number of amides is 1. The second-order valence-corrected chi connectivity index (χ2v) is 5.41. The van der Waals surface area contributed by atoms with Crippen molar-refractivity contribution in [3.05, 3.63) is 16.4 Å². The maximum Gasteiger partial charge on any atom is 0.410 e. The summed E-state index contributed by atoms with van der Waals surface area (Å²) in [5, 5.41) is 4.01. The van der Waals surface area contributed by atoms with Crippen molar-refractivity contribution >= 4 is 22.0 Å². The number of halogens is 1. The molecular formula is C11H18BrN3O2. The number of hydrogen-bond donors (Lipinski definition) is 0. The molecule has 0 aromatic carbocycles. The SMILES string of the molecule is [2H]C([2H])(c1cn(C)nc1Br)N(C)C(=O)OC(C)(C)C. The molecule has 0 spiro atoms. The first kappa shape index (κ1) is 11.1. The van der Waals surface area contributed by atoms with Crippen LogP contribution in [0.15, 0.2) is 10.8 Å². The maximum absolute atomic E-state index is 11.9. The Hall–Kier alpha value is -1.04. The van der Waals surface area contributed by atoms with Gasteiger partial charge in [0.2, 0.25) is 0 Å². The number of ether oxygens (including phenoxy) is 1. The molecule has 0 atom stereocenters. The first-order valence-corrected chi connectivity index (χ1v) is 5.91. The summed E-state index contributed by atoms with van der Waals surface area (Å²) in [6.45, 7) is 3.17. The molecule has 96 valence electrons. The molecule has 0 radical (unpaired) electrons. The van der Waals surface area contributed by atoms with Gasteiger partial charge in [-0.25, -0.2) is 4.79 Å². The molecule has 0 saturated heterocycles. The predicted octanol–water partition coefficient (Wildman–Crippen LogP) is 2.55. The van der Waals surface area contributed by atoms with Gasteiger partial charge in [-0.3, -0.25) is 4.68 Å². The van der Waals surface area contributed by atoms with Crippen molar-refractivity contribution in [1.82, 2.24) is 14.7 Å². The predicted molar refractivity (Wildman–Crippen MR) is 68.6 cm³/mol. The lowest BCUT2D eigenvalue weighted by molar-refractivity contribution is 0.0285. The molecule has 0 aliphatic heterocycles. The topological polar surface area (TPSA) is 47.4 Å². The minimum atomic E-state index is -2.02. The lowest BCUT2D eigenvalue weighted by Gasteiger charge is -2.24. The van der Waals surface area contributed by atoms with Crippen LogP contribution in [0.25, 0.3) is 0 Å². The molecule has 0 unspecified atom stereocenters. The molecule has 5 nitrogen and oxygen atoms in total. The van der Waals surface area contributed by atoms with E-state index >= 15 is 0 Å². The average molecular weight is 306 g/mol. The summed E-state index contributed by atoms with van der Waals surface area (Å²) in [6.07, 6.45) is 0.790. The van der Waals surface area contributed by atoms with E-state index in [-0.39, 0.29) is 5.56 Å². The van der Waals surface area contributed by atoms with Gasteiger partial charge in [0, 0.05) is 25.9 Å². The lowest BCUT2D eigenvalue weighted by atomic mass is 10.2. The van der Waals surface area contributed by atoms with Crippen molar-refractivity contribution in [2.45, 2.75) is 32.9 Å². The summed E-state index contributed by atoms with van der Waals surface area (Å²) in [4.78, 5) is 12.8. The van der Waals surface area contributed by atoms with Crippen LogP contribution in [-0.2, 0) is 18.3 Å². The van der Waals surface area contributed by atoms with Gasteiger partial charge in [-0.05, 0) is 36.7 Å². The van der Waals surface area contributed by atoms with Gasteiger partial charge in [0.15, 0.2) is 0 Å². The highest BCUT2D eigenvalue weighted by atomic mass is 79.9. The smallest absolute Gasteiger partial charge is 0.410 e. The lowest BCUT2D eigenvalue weighted by Crippen LogP contribution is -2.33. The van der Waals surface area contributed by atoms with E-state index in [2.05, 4.69) is 21.0 Å². The van der Waals surface area contributed by atoms with E-state index in [0.717, 1.165) is 4.90 Å². The number of hydrogen-bond acceptors (Lipinski definition) is 3. The number of carbonyl (C=O) groups is 1. The van der Waals surface area contributed by atoms with Gasteiger partial charge in [-0.1, -0.05) is 0 Å². The molecule has 17 heavy (non-hydrogen) atoms. The van der Waals surface area contributed by atoms with E-state index in [1.54, 1.807) is 27.8 Å². The highest BCUT2D eigenvalue weighted by molar-refractivity contribution is 9.10. The highest BCUT2D eigenvalue weighted by Crippen LogP contribution is 2.17. The van der Waals surface area contributed by atoms with Gasteiger partial charge < -0.3 is 9.64 Å².